The molecule has 1 aliphatic rings. The molecule has 1 amide bonds. The molecule has 1 saturated carbocycles. The smallest absolute Gasteiger partial charge is 0.223 e. The Morgan fingerprint density at radius 2 is 2.20 bits per heavy atom. The molecule has 2 aromatic rings. The summed E-state index contributed by atoms with van der Waals surface area (Å²) in [5.41, 5.74) is 6.04. The molecule has 0 aliphatic heterocycles. The molecular formula is C13H14F2N4O. The highest BCUT2D eigenvalue weighted by molar-refractivity contribution is 5.81. The fourth-order valence-corrected chi connectivity index (χ4v) is 2.18. The number of nitrogens with two attached hydrogens (primary N) is 1. The van der Waals surface area contributed by atoms with Crippen molar-refractivity contribution in [1.82, 2.24) is 14.9 Å². The van der Waals surface area contributed by atoms with Crippen molar-refractivity contribution >= 4 is 22.9 Å². The van der Waals surface area contributed by atoms with Gasteiger partial charge in [-0.05, 0) is 12.8 Å². The minimum atomic E-state index is -0.743. The summed E-state index contributed by atoms with van der Waals surface area (Å²) in [6, 6.07) is 1.96. The zero-order valence-electron chi connectivity index (χ0n) is 10.7. The van der Waals surface area contributed by atoms with Crippen molar-refractivity contribution in [2.24, 2.45) is 5.92 Å². The van der Waals surface area contributed by atoms with Gasteiger partial charge in [-0.25, -0.2) is 13.8 Å². The van der Waals surface area contributed by atoms with Gasteiger partial charge in [-0.2, -0.15) is 0 Å². The molecule has 0 radical (unpaired) electrons. The van der Waals surface area contributed by atoms with Gasteiger partial charge in [-0.15, -0.1) is 0 Å². The van der Waals surface area contributed by atoms with E-state index in [1.165, 1.54) is 10.6 Å². The maximum Gasteiger partial charge on any atom is 0.223 e. The van der Waals surface area contributed by atoms with E-state index in [2.05, 4.69) is 10.3 Å². The summed E-state index contributed by atoms with van der Waals surface area (Å²) < 4.78 is 28.3. The second kappa shape index (κ2) is 4.73. The van der Waals surface area contributed by atoms with Crippen LogP contribution in [-0.4, -0.2) is 22.0 Å². The molecule has 1 aliphatic carbocycles. The summed E-state index contributed by atoms with van der Waals surface area (Å²) in [6.07, 6.45) is 1.86. The maximum atomic E-state index is 13.6. The number of imidazole rings is 1. The molecule has 3 rings (SSSR count). The summed E-state index contributed by atoms with van der Waals surface area (Å²) >= 11 is 0. The number of benzene rings is 1. The first kappa shape index (κ1) is 12.8. The van der Waals surface area contributed by atoms with Crippen molar-refractivity contribution in [2.45, 2.75) is 19.4 Å². The van der Waals surface area contributed by atoms with Gasteiger partial charge in [0.1, 0.15) is 11.3 Å². The number of rotatable bonds is 4. The topological polar surface area (TPSA) is 72.9 Å². The quantitative estimate of drug-likeness (QED) is 0.889. The van der Waals surface area contributed by atoms with E-state index in [0.29, 0.717) is 18.6 Å². The molecule has 7 heteroatoms. The van der Waals surface area contributed by atoms with Crippen molar-refractivity contribution in [3.63, 3.8) is 0 Å². The lowest BCUT2D eigenvalue weighted by molar-refractivity contribution is -0.122. The zero-order chi connectivity index (χ0) is 14.3. The van der Waals surface area contributed by atoms with Gasteiger partial charge in [-0.3, -0.25) is 4.79 Å². The van der Waals surface area contributed by atoms with Crippen LogP contribution in [0.15, 0.2) is 12.1 Å². The van der Waals surface area contributed by atoms with E-state index in [9.17, 15) is 13.6 Å². The third-order valence-electron chi connectivity index (χ3n) is 3.38. The standard InChI is InChI=1S/C13H14F2N4O/c14-8-5-9(15)11-10(6-8)19(13(16)18-11)4-3-17-12(20)7-1-2-7/h5-7H,1-4H2,(H2,16,18)(H,17,20). The Bertz CT molecular complexity index is 679. The SMILES string of the molecule is Nc1nc2c(F)cc(F)cc2n1CCNC(=O)C1CC1. The van der Waals surface area contributed by atoms with Gasteiger partial charge in [0.15, 0.2) is 5.82 Å². The number of carbonyl (C=O) groups excluding carboxylic acids is 1. The third kappa shape index (κ3) is 2.31. The monoisotopic (exact) mass is 280 g/mol. The third-order valence-corrected chi connectivity index (χ3v) is 3.38. The summed E-state index contributed by atoms with van der Waals surface area (Å²) in [6.45, 7) is 0.673. The second-order valence-corrected chi connectivity index (χ2v) is 4.94. The van der Waals surface area contributed by atoms with Gasteiger partial charge in [-0.1, -0.05) is 0 Å². The van der Waals surface area contributed by atoms with Crippen LogP contribution in [0.4, 0.5) is 14.7 Å². The number of carbonyl (C=O) groups is 1. The van der Waals surface area contributed by atoms with Crippen LogP contribution in [0.3, 0.4) is 0 Å². The van der Waals surface area contributed by atoms with E-state index < -0.39 is 11.6 Å². The molecular weight excluding hydrogens is 266 g/mol. The normalized spacial score (nSPS) is 14.7. The fourth-order valence-electron chi connectivity index (χ4n) is 2.18. The predicted octanol–water partition coefficient (Wildman–Crippen LogP) is 1.42. The van der Waals surface area contributed by atoms with Gasteiger partial charge >= 0.3 is 0 Å². The lowest BCUT2D eigenvalue weighted by atomic mass is 10.3. The molecule has 0 spiro atoms. The predicted molar refractivity (Wildman–Crippen MR) is 69.8 cm³/mol. The fraction of sp³-hybridized carbons (Fsp3) is 0.385. The van der Waals surface area contributed by atoms with E-state index >= 15 is 0 Å². The van der Waals surface area contributed by atoms with E-state index in [4.69, 9.17) is 5.73 Å². The van der Waals surface area contributed by atoms with Crippen molar-refractivity contribution in [2.75, 3.05) is 12.3 Å². The Hall–Kier alpha value is -2.18. The lowest BCUT2D eigenvalue weighted by Crippen LogP contribution is -2.28. The van der Waals surface area contributed by atoms with Gasteiger partial charge in [0.05, 0.1) is 5.52 Å². The Balaban J connectivity index is 1.79. The number of halogens is 2. The molecule has 0 atom stereocenters. The largest absolute Gasteiger partial charge is 0.369 e. The van der Waals surface area contributed by atoms with Gasteiger partial charge < -0.3 is 15.6 Å². The molecule has 0 unspecified atom stereocenters. The highest BCUT2D eigenvalue weighted by Crippen LogP contribution is 2.28. The van der Waals surface area contributed by atoms with Gasteiger partial charge in [0.2, 0.25) is 11.9 Å². The number of nitrogen functional groups attached to an aromatic ring is 1. The van der Waals surface area contributed by atoms with Crippen molar-refractivity contribution in [1.29, 1.82) is 0 Å². The average Bonchev–Trinajstić information content (AvgIpc) is 3.17. The maximum absolute atomic E-state index is 13.6. The van der Waals surface area contributed by atoms with E-state index in [1.807, 2.05) is 0 Å². The van der Waals surface area contributed by atoms with Crippen LogP contribution in [0.5, 0.6) is 0 Å². The number of amides is 1. The number of aromatic nitrogens is 2. The first-order chi connectivity index (χ1) is 9.56. The van der Waals surface area contributed by atoms with Crippen LogP contribution in [0.1, 0.15) is 12.8 Å². The number of nitrogens with one attached hydrogen (secondary N) is 1. The molecule has 106 valence electrons. The Morgan fingerprint density at radius 3 is 2.90 bits per heavy atom. The minimum Gasteiger partial charge on any atom is -0.369 e. The summed E-state index contributed by atoms with van der Waals surface area (Å²) in [4.78, 5) is 15.4. The second-order valence-electron chi connectivity index (χ2n) is 4.94. The Morgan fingerprint density at radius 1 is 1.45 bits per heavy atom. The number of nitrogens with zero attached hydrogens (tertiary/aromatic N) is 2. The van der Waals surface area contributed by atoms with E-state index in [1.54, 1.807) is 0 Å². The van der Waals surface area contributed by atoms with Crippen LogP contribution < -0.4 is 11.1 Å². The Labute approximate surface area is 113 Å². The van der Waals surface area contributed by atoms with Crippen LogP contribution >= 0.6 is 0 Å². The Kier molecular flexibility index (Phi) is 3.04. The van der Waals surface area contributed by atoms with Crippen molar-refractivity contribution < 1.29 is 13.6 Å². The number of hydrogen-bond acceptors (Lipinski definition) is 3. The summed E-state index contributed by atoms with van der Waals surface area (Å²) in [7, 11) is 0. The molecule has 0 bridgehead atoms. The van der Waals surface area contributed by atoms with E-state index in [0.717, 1.165) is 18.9 Å². The van der Waals surface area contributed by atoms with E-state index in [-0.39, 0.29) is 23.3 Å². The molecule has 20 heavy (non-hydrogen) atoms. The lowest BCUT2D eigenvalue weighted by Gasteiger charge is -2.08. The van der Waals surface area contributed by atoms with Gasteiger partial charge in [0, 0.05) is 31.1 Å². The summed E-state index contributed by atoms with van der Waals surface area (Å²) in [5, 5.41) is 2.77. The van der Waals surface area contributed by atoms with Crippen molar-refractivity contribution in [3.05, 3.63) is 23.8 Å². The first-order valence-corrected chi connectivity index (χ1v) is 6.44. The number of fused-ring (bicyclic) bond motifs is 1. The number of anilines is 1. The molecule has 5 nitrogen and oxygen atoms in total. The van der Waals surface area contributed by atoms with Crippen LogP contribution in [0.25, 0.3) is 11.0 Å². The molecule has 1 heterocycles. The average molecular weight is 280 g/mol. The molecule has 3 N–H and O–H groups in total. The van der Waals surface area contributed by atoms with Crippen LogP contribution in [0, 0.1) is 17.6 Å². The molecule has 1 aromatic carbocycles. The first-order valence-electron chi connectivity index (χ1n) is 6.44. The van der Waals surface area contributed by atoms with Crippen LogP contribution in [0.2, 0.25) is 0 Å². The minimum absolute atomic E-state index is 0.0188. The molecule has 1 aromatic heterocycles. The van der Waals surface area contributed by atoms with Gasteiger partial charge in [0.25, 0.3) is 0 Å². The zero-order valence-corrected chi connectivity index (χ0v) is 10.7. The molecule has 1 fully saturated rings. The van der Waals surface area contributed by atoms with Crippen molar-refractivity contribution in [3.8, 4) is 0 Å². The van der Waals surface area contributed by atoms with Crippen LogP contribution in [-0.2, 0) is 11.3 Å². The highest BCUT2D eigenvalue weighted by atomic mass is 19.1. The number of hydrogen-bond donors (Lipinski definition) is 2. The molecule has 0 saturated heterocycles. The summed E-state index contributed by atoms with van der Waals surface area (Å²) in [5.74, 6) is -1.18. The highest BCUT2D eigenvalue weighted by Gasteiger charge is 2.29.